The first-order valence-corrected chi connectivity index (χ1v) is 19.4. The lowest BCUT2D eigenvalue weighted by atomic mass is 10.0. The number of benzene rings is 8. The Morgan fingerprint density at radius 2 is 0.909 bits per heavy atom. The van der Waals surface area contributed by atoms with E-state index in [-0.39, 0.29) is 0 Å². The van der Waals surface area contributed by atoms with E-state index in [1.165, 1.54) is 69.6 Å². The first kappa shape index (κ1) is 30.4. The predicted molar refractivity (Wildman–Crippen MR) is 232 cm³/mol. The predicted octanol–water partition coefficient (Wildman–Crippen LogP) is 13.5. The van der Waals surface area contributed by atoms with Gasteiger partial charge in [-0.2, -0.15) is 0 Å². The van der Waals surface area contributed by atoms with Gasteiger partial charge in [-0.1, -0.05) is 133 Å². The highest BCUT2D eigenvalue weighted by Crippen LogP contribution is 2.44. The standard InChI is InChI=1S/C50H30N4S/c1-2-13-31(14-3-1)32-25-27-33(28-26-32)48-50(52-41-20-8-7-19-40(41)51-48)54-43-22-10-5-16-35(43)39-29-45-38(30-46(39)54)34-15-4-9-21-42(34)53(45)44-23-12-18-37-36-17-6-11-24-47(36)55-49(37)44/h1-30H. The van der Waals surface area contributed by atoms with Crippen molar-refractivity contribution in [1.82, 2.24) is 19.1 Å². The smallest absolute Gasteiger partial charge is 0.165 e. The lowest BCUT2D eigenvalue weighted by Gasteiger charge is -2.14. The molecule has 0 saturated heterocycles. The van der Waals surface area contributed by atoms with Crippen LogP contribution >= 0.6 is 11.3 Å². The Kier molecular flexibility index (Phi) is 6.47. The van der Waals surface area contributed by atoms with E-state index in [9.17, 15) is 0 Å². The summed E-state index contributed by atoms with van der Waals surface area (Å²) in [6.07, 6.45) is 0. The van der Waals surface area contributed by atoms with E-state index >= 15 is 0 Å². The molecule has 5 heteroatoms. The van der Waals surface area contributed by atoms with Crippen molar-refractivity contribution >= 4 is 86.2 Å². The van der Waals surface area contributed by atoms with Gasteiger partial charge >= 0.3 is 0 Å². The molecular weight excluding hydrogens is 689 g/mol. The Labute approximate surface area is 319 Å². The Hall–Kier alpha value is -7.08. The molecule has 0 aliphatic carbocycles. The normalized spacial score (nSPS) is 12.0. The molecule has 0 unspecified atom stereocenters. The number of rotatable bonds is 4. The molecule has 4 heterocycles. The summed E-state index contributed by atoms with van der Waals surface area (Å²) in [6, 6.07) is 65.2. The third-order valence-electron chi connectivity index (χ3n) is 11.1. The highest BCUT2D eigenvalue weighted by atomic mass is 32.1. The number of para-hydroxylation sites is 4. The summed E-state index contributed by atoms with van der Waals surface area (Å²) in [6.45, 7) is 0. The van der Waals surface area contributed by atoms with Crippen LogP contribution in [0.3, 0.4) is 0 Å². The molecule has 12 rings (SSSR count). The third-order valence-corrected chi connectivity index (χ3v) is 12.3. The topological polar surface area (TPSA) is 35.6 Å². The zero-order valence-corrected chi connectivity index (χ0v) is 30.3. The fourth-order valence-electron chi connectivity index (χ4n) is 8.62. The van der Waals surface area contributed by atoms with Gasteiger partial charge in [0, 0.05) is 42.6 Å². The van der Waals surface area contributed by atoms with Gasteiger partial charge in [-0.3, -0.25) is 4.57 Å². The number of thiophene rings is 1. The van der Waals surface area contributed by atoms with Crippen molar-refractivity contribution in [1.29, 1.82) is 0 Å². The van der Waals surface area contributed by atoms with Gasteiger partial charge in [0.25, 0.3) is 0 Å². The number of nitrogens with zero attached hydrogens (tertiary/aromatic N) is 4. The quantitative estimate of drug-likeness (QED) is 0.182. The molecule has 256 valence electrons. The monoisotopic (exact) mass is 718 g/mol. The van der Waals surface area contributed by atoms with Crippen molar-refractivity contribution in [3.63, 3.8) is 0 Å². The van der Waals surface area contributed by atoms with Crippen LogP contribution in [-0.2, 0) is 0 Å². The summed E-state index contributed by atoms with van der Waals surface area (Å²) >= 11 is 1.87. The first-order chi connectivity index (χ1) is 27.3. The molecule has 0 saturated carbocycles. The van der Waals surface area contributed by atoms with Crippen LogP contribution in [-0.4, -0.2) is 19.1 Å². The van der Waals surface area contributed by atoms with Crippen LogP contribution < -0.4 is 0 Å². The average Bonchev–Trinajstić information content (AvgIpc) is 3.90. The molecule has 0 amide bonds. The van der Waals surface area contributed by atoms with Crippen LogP contribution in [0.5, 0.6) is 0 Å². The maximum atomic E-state index is 5.42. The SMILES string of the molecule is c1ccc(-c2ccc(-c3nc4ccccc4nc3-n3c4ccccc4c4cc5c(cc43)c3ccccc3n5-c3cccc4c3sc3ccccc34)cc2)cc1. The van der Waals surface area contributed by atoms with Gasteiger partial charge < -0.3 is 4.57 Å². The molecule has 4 nitrogen and oxygen atoms in total. The zero-order chi connectivity index (χ0) is 36.0. The average molecular weight is 719 g/mol. The summed E-state index contributed by atoms with van der Waals surface area (Å²) in [5.74, 6) is 0.815. The van der Waals surface area contributed by atoms with Crippen LogP contribution in [0.1, 0.15) is 0 Å². The molecule has 55 heavy (non-hydrogen) atoms. The maximum Gasteiger partial charge on any atom is 0.165 e. The summed E-state index contributed by atoms with van der Waals surface area (Å²) in [4.78, 5) is 10.8. The Bertz CT molecular complexity index is 3480. The maximum absolute atomic E-state index is 5.42. The van der Waals surface area contributed by atoms with Gasteiger partial charge in [-0.15, -0.1) is 11.3 Å². The Balaban J connectivity index is 1.16. The minimum Gasteiger partial charge on any atom is -0.308 e. The van der Waals surface area contributed by atoms with E-state index in [0.29, 0.717) is 0 Å². The molecule has 0 bridgehead atoms. The summed E-state index contributed by atoms with van der Waals surface area (Å²) in [5.41, 5.74) is 11.7. The van der Waals surface area contributed by atoms with E-state index in [1.54, 1.807) is 0 Å². The minimum atomic E-state index is 0.815. The van der Waals surface area contributed by atoms with Crippen molar-refractivity contribution in [3.8, 4) is 33.9 Å². The lowest BCUT2D eigenvalue weighted by molar-refractivity contribution is 1.08. The van der Waals surface area contributed by atoms with Crippen molar-refractivity contribution in [2.45, 2.75) is 0 Å². The number of fused-ring (bicyclic) bond motifs is 10. The van der Waals surface area contributed by atoms with E-state index < -0.39 is 0 Å². The summed E-state index contributed by atoms with van der Waals surface area (Å²) in [7, 11) is 0. The second-order valence-electron chi connectivity index (χ2n) is 14.2. The molecule has 0 aliphatic heterocycles. The molecule has 0 N–H and O–H groups in total. The van der Waals surface area contributed by atoms with Crippen LogP contribution in [0.15, 0.2) is 182 Å². The molecular formula is C50H30N4S. The van der Waals surface area contributed by atoms with Crippen LogP contribution in [0.25, 0.3) is 109 Å². The van der Waals surface area contributed by atoms with E-state index in [2.05, 4.69) is 179 Å². The molecule has 0 spiro atoms. The van der Waals surface area contributed by atoms with Gasteiger partial charge in [-0.25, -0.2) is 9.97 Å². The number of aromatic nitrogens is 4. The van der Waals surface area contributed by atoms with Gasteiger partial charge in [0.2, 0.25) is 0 Å². The fraction of sp³-hybridized carbons (Fsp3) is 0. The second kappa shape index (κ2) is 11.7. The van der Waals surface area contributed by atoms with Gasteiger partial charge in [0.05, 0.1) is 43.5 Å². The number of hydrogen-bond donors (Lipinski definition) is 0. The molecule has 0 fully saturated rings. The molecule has 8 aromatic carbocycles. The number of hydrogen-bond acceptors (Lipinski definition) is 3. The van der Waals surface area contributed by atoms with Gasteiger partial charge in [0.1, 0.15) is 5.69 Å². The lowest BCUT2D eigenvalue weighted by Crippen LogP contribution is -2.03. The summed E-state index contributed by atoms with van der Waals surface area (Å²) < 4.78 is 7.41. The summed E-state index contributed by atoms with van der Waals surface area (Å²) in [5, 5.41) is 7.37. The largest absolute Gasteiger partial charge is 0.308 e. The molecule has 12 aromatic rings. The van der Waals surface area contributed by atoms with E-state index in [0.717, 1.165) is 39.1 Å². The van der Waals surface area contributed by atoms with Gasteiger partial charge in [-0.05, 0) is 59.7 Å². The molecule has 0 radical (unpaired) electrons. The van der Waals surface area contributed by atoms with Gasteiger partial charge in [0.15, 0.2) is 5.82 Å². The minimum absolute atomic E-state index is 0.815. The van der Waals surface area contributed by atoms with Crippen molar-refractivity contribution < 1.29 is 0 Å². The van der Waals surface area contributed by atoms with E-state index in [4.69, 9.17) is 9.97 Å². The second-order valence-corrected chi connectivity index (χ2v) is 15.2. The van der Waals surface area contributed by atoms with Crippen molar-refractivity contribution in [2.24, 2.45) is 0 Å². The highest BCUT2D eigenvalue weighted by molar-refractivity contribution is 7.26. The zero-order valence-electron chi connectivity index (χ0n) is 29.5. The van der Waals surface area contributed by atoms with Crippen molar-refractivity contribution in [2.75, 3.05) is 0 Å². The first-order valence-electron chi connectivity index (χ1n) is 18.6. The Morgan fingerprint density at radius 1 is 0.364 bits per heavy atom. The van der Waals surface area contributed by atoms with E-state index in [1.807, 2.05) is 23.5 Å². The molecule has 0 atom stereocenters. The third kappa shape index (κ3) is 4.51. The van der Waals surface area contributed by atoms with Crippen LogP contribution in [0, 0.1) is 0 Å². The van der Waals surface area contributed by atoms with Crippen LogP contribution in [0.2, 0.25) is 0 Å². The van der Waals surface area contributed by atoms with Crippen LogP contribution in [0.4, 0.5) is 0 Å². The van der Waals surface area contributed by atoms with Crippen molar-refractivity contribution in [3.05, 3.63) is 182 Å². The molecule has 0 aliphatic rings. The Morgan fingerprint density at radius 3 is 1.65 bits per heavy atom. The molecule has 4 aromatic heterocycles. The fourth-order valence-corrected chi connectivity index (χ4v) is 9.82. The highest BCUT2D eigenvalue weighted by Gasteiger charge is 2.23.